The average Bonchev–Trinajstić information content (AvgIpc) is 2.16. The number of rotatable bonds is 3. The topological polar surface area (TPSA) is 58.6 Å². The smallest absolute Gasteiger partial charge is 0.254 e. The lowest BCUT2D eigenvalue weighted by atomic mass is 10.2. The molecule has 1 aromatic rings. The van der Waals surface area contributed by atoms with Crippen LogP contribution in [0, 0.1) is 0 Å². The number of aromatic hydroxyl groups is 1. The van der Waals surface area contributed by atoms with Crippen LogP contribution in [-0.4, -0.2) is 24.2 Å². The molecule has 4 nitrogen and oxygen atoms in total. The van der Waals surface area contributed by atoms with Crippen LogP contribution in [0.1, 0.15) is 24.2 Å². The Morgan fingerprint density at radius 1 is 1.47 bits per heavy atom. The highest BCUT2D eigenvalue weighted by Gasteiger charge is 2.10. The van der Waals surface area contributed by atoms with Gasteiger partial charge in [-0.2, -0.15) is 0 Å². The molecule has 0 saturated heterocycles. The van der Waals surface area contributed by atoms with Crippen LogP contribution < -0.4 is 10.1 Å². The van der Waals surface area contributed by atoms with Crippen LogP contribution in [0.3, 0.4) is 0 Å². The molecule has 0 saturated carbocycles. The first-order valence-corrected chi connectivity index (χ1v) is 4.76. The van der Waals surface area contributed by atoms with Crippen LogP contribution in [0.15, 0.2) is 18.2 Å². The van der Waals surface area contributed by atoms with Crippen molar-refractivity contribution in [1.29, 1.82) is 0 Å². The highest BCUT2D eigenvalue weighted by Crippen LogP contribution is 2.24. The second kappa shape index (κ2) is 4.68. The van der Waals surface area contributed by atoms with Crippen LogP contribution in [0.2, 0.25) is 0 Å². The Balaban J connectivity index is 2.93. The molecule has 1 rings (SSSR count). The third-order valence-corrected chi connectivity index (χ3v) is 1.81. The molecule has 2 N–H and O–H groups in total. The first kappa shape index (κ1) is 11.4. The molecular weight excluding hydrogens is 194 g/mol. The van der Waals surface area contributed by atoms with Gasteiger partial charge in [-0.15, -0.1) is 0 Å². The summed E-state index contributed by atoms with van der Waals surface area (Å²) in [6.45, 7) is 3.79. The normalized spacial score (nSPS) is 10.1. The highest BCUT2D eigenvalue weighted by atomic mass is 16.5. The third-order valence-electron chi connectivity index (χ3n) is 1.81. The molecule has 4 heteroatoms. The molecule has 0 aromatic heterocycles. The van der Waals surface area contributed by atoms with Gasteiger partial charge in [0.25, 0.3) is 5.91 Å². The molecule has 0 aliphatic rings. The minimum absolute atomic E-state index is 0.0373. The summed E-state index contributed by atoms with van der Waals surface area (Å²) in [6.07, 6.45) is 0.0373. The fourth-order valence-electron chi connectivity index (χ4n) is 1.18. The van der Waals surface area contributed by atoms with Crippen LogP contribution in [-0.2, 0) is 0 Å². The second-order valence-electron chi connectivity index (χ2n) is 3.42. The lowest BCUT2D eigenvalue weighted by molar-refractivity contribution is 0.0960. The first-order valence-electron chi connectivity index (χ1n) is 4.76. The number of hydrogen-bond acceptors (Lipinski definition) is 3. The van der Waals surface area contributed by atoms with Crippen molar-refractivity contribution in [3.63, 3.8) is 0 Å². The van der Waals surface area contributed by atoms with Gasteiger partial charge in [0.2, 0.25) is 0 Å². The van der Waals surface area contributed by atoms with Gasteiger partial charge in [0.1, 0.15) is 11.5 Å². The van der Waals surface area contributed by atoms with Gasteiger partial charge in [-0.3, -0.25) is 4.79 Å². The Morgan fingerprint density at radius 2 is 2.13 bits per heavy atom. The molecule has 82 valence electrons. The van der Waals surface area contributed by atoms with Crippen molar-refractivity contribution >= 4 is 5.91 Å². The van der Waals surface area contributed by atoms with Crippen molar-refractivity contribution in [2.75, 3.05) is 7.05 Å². The molecule has 0 fully saturated rings. The quantitative estimate of drug-likeness (QED) is 0.793. The number of hydrogen-bond donors (Lipinski definition) is 2. The summed E-state index contributed by atoms with van der Waals surface area (Å²) in [5.41, 5.74) is 0.244. The lowest BCUT2D eigenvalue weighted by Crippen LogP contribution is -2.17. The summed E-state index contributed by atoms with van der Waals surface area (Å²) in [5, 5.41) is 12.0. The van der Waals surface area contributed by atoms with Gasteiger partial charge in [-0.05, 0) is 26.0 Å². The summed E-state index contributed by atoms with van der Waals surface area (Å²) in [6, 6.07) is 4.63. The monoisotopic (exact) mass is 209 g/mol. The molecule has 0 unspecified atom stereocenters. The van der Waals surface area contributed by atoms with Crippen LogP contribution in [0.4, 0.5) is 0 Å². The first-order chi connectivity index (χ1) is 7.04. The van der Waals surface area contributed by atoms with Crippen LogP contribution >= 0.6 is 0 Å². The average molecular weight is 209 g/mol. The number of carbonyl (C=O) groups excluding carboxylic acids is 1. The Bertz CT molecular complexity index is 361. The van der Waals surface area contributed by atoms with Crippen molar-refractivity contribution in [2.24, 2.45) is 0 Å². The van der Waals surface area contributed by atoms with E-state index in [-0.39, 0.29) is 23.3 Å². The van der Waals surface area contributed by atoms with E-state index in [4.69, 9.17) is 4.74 Å². The molecule has 0 spiro atoms. The minimum atomic E-state index is -0.316. The largest absolute Gasteiger partial charge is 0.507 e. The van der Waals surface area contributed by atoms with Crippen molar-refractivity contribution in [3.8, 4) is 11.5 Å². The number of benzene rings is 1. The van der Waals surface area contributed by atoms with Gasteiger partial charge in [-0.25, -0.2) is 0 Å². The Labute approximate surface area is 88.9 Å². The molecule has 0 radical (unpaired) electrons. The molecule has 1 aromatic carbocycles. The Morgan fingerprint density at radius 3 is 2.60 bits per heavy atom. The number of phenols is 1. The molecule has 15 heavy (non-hydrogen) atoms. The van der Waals surface area contributed by atoms with E-state index in [1.165, 1.54) is 19.2 Å². The molecule has 0 atom stereocenters. The summed E-state index contributed by atoms with van der Waals surface area (Å²) in [5.74, 6) is 0.159. The number of nitrogens with one attached hydrogen (secondary N) is 1. The molecule has 0 aliphatic carbocycles. The van der Waals surface area contributed by atoms with Crippen molar-refractivity contribution in [2.45, 2.75) is 20.0 Å². The fraction of sp³-hybridized carbons (Fsp3) is 0.364. The van der Waals surface area contributed by atoms with Crippen LogP contribution in [0.25, 0.3) is 0 Å². The fourth-order valence-corrected chi connectivity index (χ4v) is 1.18. The van der Waals surface area contributed by atoms with E-state index in [2.05, 4.69) is 5.32 Å². The highest BCUT2D eigenvalue weighted by molar-refractivity contribution is 5.96. The van der Waals surface area contributed by atoms with E-state index in [1.807, 2.05) is 13.8 Å². The third kappa shape index (κ3) is 2.87. The maximum atomic E-state index is 11.3. The zero-order chi connectivity index (χ0) is 11.4. The summed E-state index contributed by atoms with van der Waals surface area (Å²) >= 11 is 0. The lowest BCUT2D eigenvalue weighted by Gasteiger charge is -2.11. The number of amides is 1. The molecule has 0 bridgehead atoms. The van der Waals surface area contributed by atoms with E-state index in [1.54, 1.807) is 6.07 Å². The number of carbonyl (C=O) groups is 1. The summed E-state index contributed by atoms with van der Waals surface area (Å²) < 4.78 is 5.37. The number of ether oxygens (including phenoxy) is 1. The van der Waals surface area contributed by atoms with E-state index < -0.39 is 0 Å². The van der Waals surface area contributed by atoms with Crippen molar-refractivity contribution < 1.29 is 14.6 Å². The predicted octanol–water partition coefficient (Wildman–Crippen LogP) is 1.54. The van der Waals surface area contributed by atoms with Gasteiger partial charge < -0.3 is 15.2 Å². The summed E-state index contributed by atoms with van der Waals surface area (Å²) in [4.78, 5) is 11.3. The van der Waals surface area contributed by atoms with E-state index >= 15 is 0 Å². The Hall–Kier alpha value is -1.71. The van der Waals surface area contributed by atoms with Gasteiger partial charge in [0, 0.05) is 13.1 Å². The summed E-state index contributed by atoms with van der Waals surface area (Å²) in [7, 11) is 1.51. The molecule has 0 heterocycles. The van der Waals surface area contributed by atoms with Gasteiger partial charge in [-0.1, -0.05) is 0 Å². The van der Waals surface area contributed by atoms with Gasteiger partial charge >= 0.3 is 0 Å². The van der Waals surface area contributed by atoms with Crippen molar-refractivity contribution in [1.82, 2.24) is 5.32 Å². The van der Waals surface area contributed by atoms with Crippen LogP contribution in [0.5, 0.6) is 11.5 Å². The maximum Gasteiger partial charge on any atom is 0.254 e. The van der Waals surface area contributed by atoms with E-state index in [9.17, 15) is 9.90 Å². The molecular formula is C11H15NO3. The molecule has 1 amide bonds. The van der Waals surface area contributed by atoms with E-state index in [0.29, 0.717) is 5.75 Å². The van der Waals surface area contributed by atoms with E-state index in [0.717, 1.165) is 0 Å². The maximum absolute atomic E-state index is 11.3. The zero-order valence-corrected chi connectivity index (χ0v) is 9.07. The molecule has 0 aliphatic heterocycles. The predicted molar refractivity (Wildman–Crippen MR) is 57.3 cm³/mol. The zero-order valence-electron chi connectivity index (χ0n) is 9.07. The minimum Gasteiger partial charge on any atom is -0.507 e. The SMILES string of the molecule is CNC(=O)c1ccc(OC(C)C)cc1O. The van der Waals surface area contributed by atoms with Gasteiger partial charge in [0.15, 0.2) is 0 Å². The number of phenolic OH excluding ortho intramolecular Hbond substituents is 1. The standard InChI is InChI=1S/C11H15NO3/c1-7(2)15-8-4-5-9(10(13)6-8)11(14)12-3/h4-7,13H,1-3H3,(H,12,14). The van der Waals surface area contributed by atoms with Crippen molar-refractivity contribution in [3.05, 3.63) is 23.8 Å². The second-order valence-corrected chi connectivity index (χ2v) is 3.42. The Kier molecular flexibility index (Phi) is 3.55. The van der Waals surface area contributed by atoms with Gasteiger partial charge in [0.05, 0.1) is 11.7 Å².